The maximum absolute atomic E-state index is 4.12. The van der Waals surface area contributed by atoms with Gasteiger partial charge in [-0.15, -0.1) is 0 Å². The van der Waals surface area contributed by atoms with Crippen molar-refractivity contribution in [2.45, 2.75) is 13.5 Å². The molecule has 72 valence electrons. The summed E-state index contributed by atoms with van der Waals surface area (Å²) in [7, 11) is 0. The van der Waals surface area contributed by atoms with E-state index in [1.807, 2.05) is 13.0 Å². The van der Waals surface area contributed by atoms with Crippen molar-refractivity contribution in [1.82, 2.24) is 20.2 Å². The van der Waals surface area contributed by atoms with Gasteiger partial charge in [-0.3, -0.25) is 5.10 Å². The van der Waals surface area contributed by atoms with Crippen LogP contribution in [0.1, 0.15) is 11.3 Å². The molecule has 5 nitrogen and oxygen atoms in total. The average Bonchev–Trinajstić information content (AvgIpc) is 2.70. The van der Waals surface area contributed by atoms with Gasteiger partial charge in [-0.1, -0.05) is 0 Å². The highest BCUT2D eigenvalue weighted by Crippen LogP contribution is 2.00. The first kappa shape index (κ1) is 8.68. The van der Waals surface area contributed by atoms with Crippen molar-refractivity contribution < 1.29 is 0 Å². The Morgan fingerprint density at radius 1 is 1.36 bits per heavy atom. The lowest BCUT2D eigenvalue weighted by Crippen LogP contribution is -2.03. The van der Waals surface area contributed by atoms with E-state index < -0.39 is 0 Å². The van der Waals surface area contributed by atoms with Gasteiger partial charge in [-0.25, -0.2) is 9.97 Å². The zero-order valence-corrected chi connectivity index (χ0v) is 7.86. The summed E-state index contributed by atoms with van der Waals surface area (Å²) >= 11 is 0. The lowest BCUT2D eigenvalue weighted by Gasteiger charge is -2.01. The number of rotatable bonds is 3. The van der Waals surface area contributed by atoms with Crippen molar-refractivity contribution in [3.05, 3.63) is 35.9 Å². The van der Waals surface area contributed by atoms with Gasteiger partial charge in [-0.05, 0) is 18.6 Å². The zero-order chi connectivity index (χ0) is 9.80. The predicted octanol–water partition coefficient (Wildman–Crippen LogP) is 1.12. The van der Waals surface area contributed by atoms with E-state index in [2.05, 4.69) is 25.5 Å². The molecule has 0 fully saturated rings. The maximum atomic E-state index is 4.12. The number of aryl methyl sites for hydroxylation is 1. The van der Waals surface area contributed by atoms with Crippen molar-refractivity contribution in [3.63, 3.8) is 0 Å². The molecular weight excluding hydrogens is 178 g/mol. The number of aromatic amines is 1. The maximum Gasteiger partial charge on any atom is 0.222 e. The van der Waals surface area contributed by atoms with E-state index in [1.165, 1.54) is 0 Å². The molecule has 0 saturated carbocycles. The minimum Gasteiger partial charge on any atom is -0.349 e. The Kier molecular flexibility index (Phi) is 2.40. The molecule has 2 rings (SSSR count). The topological polar surface area (TPSA) is 66.5 Å². The summed E-state index contributed by atoms with van der Waals surface area (Å²) in [5.74, 6) is 0.630. The summed E-state index contributed by atoms with van der Waals surface area (Å²) in [5.41, 5.74) is 2.06. The summed E-state index contributed by atoms with van der Waals surface area (Å²) in [4.78, 5) is 8.24. The van der Waals surface area contributed by atoms with Gasteiger partial charge < -0.3 is 5.32 Å². The van der Waals surface area contributed by atoms with Gasteiger partial charge in [0, 0.05) is 18.6 Å². The molecular formula is C9H11N5. The largest absolute Gasteiger partial charge is 0.349 e. The number of anilines is 1. The summed E-state index contributed by atoms with van der Waals surface area (Å²) in [6, 6.07) is 1.90. The predicted molar refractivity (Wildman–Crippen MR) is 52.7 cm³/mol. The van der Waals surface area contributed by atoms with Gasteiger partial charge in [0.15, 0.2) is 0 Å². The smallest absolute Gasteiger partial charge is 0.222 e. The molecule has 14 heavy (non-hydrogen) atoms. The van der Waals surface area contributed by atoms with Gasteiger partial charge in [0.25, 0.3) is 0 Å². The van der Waals surface area contributed by atoms with Crippen LogP contribution in [0.5, 0.6) is 0 Å². The molecule has 2 aromatic rings. The minimum absolute atomic E-state index is 0.630. The second kappa shape index (κ2) is 3.87. The monoisotopic (exact) mass is 189 g/mol. The highest BCUT2D eigenvalue weighted by molar-refractivity contribution is 5.25. The third-order valence-corrected chi connectivity index (χ3v) is 1.78. The third kappa shape index (κ3) is 2.07. The van der Waals surface area contributed by atoms with Crippen LogP contribution in [-0.4, -0.2) is 20.2 Å². The van der Waals surface area contributed by atoms with Crippen molar-refractivity contribution in [3.8, 4) is 0 Å². The van der Waals surface area contributed by atoms with Crippen LogP contribution in [-0.2, 0) is 6.54 Å². The third-order valence-electron chi connectivity index (χ3n) is 1.78. The molecule has 0 aliphatic heterocycles. The Balaban J connectivity index is 1.95. The van der Waals surface area contributed by atoms with Gasteiger partial charge in [-0.2, -0.15) is 5.10 Å². The highest BCUT2D eigenvalue weighted by atomic mass is 15.1. The molecule has 2 N–H and O–H groups in total. The molecule has 0 aromatic carbocycles. The van der Waals surface area contributed by atoms with Crippen molar-refractivity contribution in [1.29, 1.82) is 0 Å². The van der Waals surface area contributed by atoms with Crippen LogP contribution in [0, 0.1) is 6.92 Å². The number of aromatic nitrogens is 4. The van der Waals surface area contributed by atoms with Gasteiger partial charge in [0.1, 0.15) is 0 Å². The van der Waals surface area contributed by atoms with Gasteiger partial charge in [0.2, 0.25) is 5.95 Å². The van der Waals surface area contributed by atoms with E-state index in [1.54, 1.807) is 18.6 Å². The molecule has 0 atom stereocenters. The molecule has 0 radical (unpaired) electrons. The minimum atomic E-state index is 0.630. The van der Waals surface area contributed by atoms with E-state index in [-0.39, 0.29) is 0 Å². The Labute approximate surface area is 81.6 Å². The summed E-state index contributed by atoms with van der Waals surface area (Å²) in [5, 5.41) is 9.77. The standard InChI is InChI=1S/C9H11N5/c1-7-4-10-9(11-5-7)12-6-8-2-3-13-14-8/h2-5H,6H2,1H3,(H,13,14)(H,10,11,12). The second-order valence-electron chi connectivity index (χ2n) is 3.02. The fourth-order valence-corrected chi connectivity index (χ4v) is 1.04. The first-order valence-electron chi connectivity index (χ1n) is 4.35. The molecule has 0 unspecified atom stereocenters. The van der Waals surface area contributed by atoms with Crippen LogP contribution in [0.25, 0.3) is 0 Å². The lowest BCUT2D eigenvalue weighted by atomic mass is 10.4. The van der Waals surface area contributed by atoms with Crippen LogP contribution in [0.2, 0.25) is 0 Å². The number of hydrogen-bond donors (Lipinski definition) is 2. The van der Waals surface area contributed by atoms with E-state index >= 15 is 0 Å². The van der Waals surface area contributed by atoms with E-state index in [9.17, 15) is 0 Å². The molecule has 0 aliphatic rings. The van der Waals surface area contributed by atoms with Crippen LogP contribution in [0.3, 0.4) is 0 Å². The van der Waals surface area contributed by atoms with Crippen LogP contribution >= 0.6 is 0 Å². The average molecular weight is 189 g/mol. The molecule has 0 aliphatic carbocycles. The van der Waals surface area contributed by atoms with Gasteiger partial charge in [0.05, 0.1) is 12.2 Å². The van der Waals surface area contributed by atoms with Crippen LogP contribution in [0.15, 0.2) is 24.7 Å². The molecule has 0 spiro atoms. The Bertz CT molecular complexity index is 378. The number of nitrogens with one attached hydrogen (secondary N) is 2. The molecule has 0 bridgehead atoms. The number of nitrogens with zero attached hydrogens (tertiary/aromatic N) is 3. The van der Waals surface area contributed by atoms with Crippen molar-refractivity contribution in [2.24, 2.45) is 0 Å². The number of hydrogen-bond acceptors (Lipinski definition) is 4. The SMILES string of the molecule is Cc1cnc(NCc2ccn[nH]2)nc1. The molecule has 2 aromatic heterocycles. The second-order valence-corrected chi connectivity index (χ2v) is 3.02. The highest BCUT2D eigenvalue weighted by Gasteiger charge is 1.96. The normalized spacial score (nSPS) is 10.1. The zero-order valence-electron chi connectivity index (χ0n) is 7.86. The van der Waals surface area contributed by atoms with Crippen LogP contribution < -0.4 is 5.32 Å². The van der Waals surface area contributed by atoms with E-state index in [4.69, 9.17) is 0 Å². The van der Waals surface area contributed by atoms with Crippen LogP contribution in [0.4, 0.5) is 5.95 Å². The van der Waals surface area contributed by atoms with Crippen molar-refractivity contribution >= 4 is 5.95 Å². The summed E-state index contributed by atoms with van der Waals surface area (Å²) in [6.45, 7) is 2.61. The quantitative estimate of drug-likeness (QED) is 0.759. The van der Waals surface area contributed by atoms with Gasteiger partial charge >= 0.3 is 0 Å². The number of H-pyrrole nitrogens is 1. The molecule has 5 heteroatoms. The molecule has 0 amide bonds. The molecule has 0 saturated heterocycles. The Morgan fingerprint density at radius 3 is 2.79 bits per heavy atom. The Hall–Kier alpha value is -1.91. The lowest BCUT2D eigenvalue weighted by molar-refractivity contribution is 0.959. The molecule has 2 heterocycles. The summed E-state index contributed by atoms with van der Waals surface area (Å²) < 4.78 is 0. The first-order chi connectivity index (χ1) is 6.84. The van der Waals surface area contributed by atoms with E-state index in [0.29, 0.717) is 12.5 Å². The Morgan fingerprint density at radius 2 is 2.14 bits per heavy atom. The first-order valence-corrected chi connectivity index (χ1v) is 4.35. The van der Waals surface area contributed by atoms with Crippen molar-refractivity contribution in [2.75, 3.05) is 5.32 Å². The fourth-order valence-electron chi connectivity index (χ4n) is 1.04. The summed E-state index contributed by atoms with van der Waals surface area (Å²) in [6.07, 6.45) is 5.28. The van der Waals surface area contributed by atoms with E-state index in [0.717, 1.165) is 11.3 Å². The fraction of sp³-hybridized carbons (Fsp3) is 0.222.